The van der Waals surface area contributed by atoms with E-state index in [0.29, 0.717) is 24.8 Å². The summed E-state index contributed by atoms with van der Waals surface area (Å²) in [5.41, 5.74) is 3.56. The molecule has 2 aromatic carbocycles. The van der Waals surface area contributed by atoms with Gasteiger partial charge in [-0.25, -0.2) is 0 Å². The molecule has 6 heteroatoms. The summed E-state index contributed by atoms with van der Waals surface area (Å²) >= 11 is 0. The second-order valence-corrected chi connectivity index (χ2v) is 8.33. The minimum Gasteiger partial charge on any atom is -0.490 e. The predicted octanol–water partition coefficient (Wildman–Crippen LogP) is 3.28. The fourth-order valence-corrected chi connectivity index (χ4v) is 4.28. The summed E-state index contributed by atoms with van der Waals surface area (Å²) in [5.74, 6) is 0.851. The van der Waals surface area contributed by atoms with E-state index in [0.717, 1.165) is 48.5 Å². The van der Waals surface area contributed by atoms with Crippen LogP contribution in [0.25, 0.3) is 0 Å². The van der Waals surface area contributed by atoms with E-state index in [1.54, 1.807) is 0 Å². The first kappa shape index (κ1) is 21.8. The molecule has 0 saturated carbocycles. The normalized spacial score (nSPS) is 24.5. The van der Waals surface area contributed by atoms with Gasteiger partial charge in [-0.05, 0) is 41.3 Å². The Hall–Kier alpha value is -2.43. The van der Waals surface area contributed by atoms with Crippen molar-refractivity contribution >= 4 is 0 Å². The number of aliphatic hydroxyl groups excluding tert-OH is 2. The summed E-state index contributed by atoms with van der Waals surface area (Å²) in [6, 6.07) is 16.0. The molecule has 2 heterocycles. The zero-order valence-electron chi connectivity index (χ0n) is 17.6. The van der Waals surface area contributed by atoms with Gasteiger partial charge in [0.2, 0.25) is 0 Å². The Labute approximate surface area is 183 Å². The fourth-order valence-electron chi connectivity index (χ4n) is 4.28. The first-order valence-corrected chi connectivity index (χ1v) is 10.9. The average molecular weight is 424 g/mol. The minimum absolute atomic E-state index is 0.112. The molecule has 31 heavy (non-hydrogen) atoms. The Bertz CT molecular complexity index is 901. The van der Waals surface area contributed by atoms with Gasteiger partial charge in [-0.3, -0.25) is 0 Å². The maximum Gasteiger partial charge on any atom is 0.119 e. The van der Waals surface area contributed by atoms with Crippen molar-refractivity contribution in [1.29, 1.82) is 5.26 Å². The van der Waals surface area contributed by atoms with Gasteiger partial charge >= 0.3 is 0 Å². The number of rotatable bonds is 6. The molecule has 2 fully saturated rings. The third-order valence-corrected chi connectivity index (χ3v) is 5.99. The van der Waals surface area contributed by atoms with Gasteiger partial charge in [0.25, 0.3) is 0 Å². The highest BCUT2D eigenvalue weighted by atomic mass is 16.5. The molecule has 0 aromatic heterocycles. The summed E-state index contributed by atoms with van der Waals surface area (Å²) in [4.78, 5) is 0. The van der Waals surface area contributed by atoms with Crippen molar-refractivity contribution in [2.24, 2.45) is 0 Å². The van der Waals surface area contributed by atoms with Crippen LogP contribution < -0.4 is 4.74 Å². The third-order valence-electron chi connectivity index (χ3n) is 5.99. The number of ether oxygens (including phenoxy) is 3. The zero-order chi connectivity index (χ0) is 21.6. The van der Waals surface area contributed by atoms with Gasteiger partial charge in [0.05, 0.1) is 49.8 Å². The summed E-state index contributed by atoms with van der Waals surface area (Å²) in [7, 11) is 0. The van der Waals surface area contributed by atoms with Crippen molar-refractivity contribution < 1.29 is 24.4 Å². The smallest absolute Gasteiger partial charge is 0.119 e. The number of nitrogens with zero attached hydrogens (tertiary/aromatic N) is 1. The van der Waals surface area contributed by atoms with Crippen molar-refractivity contribution in [3.8, 4) is 11.8 Å². The second-order valence-electron chi connectivity index (χ2n) is 8.33. The highest BCUT2D eigenvalue weighted by Crippen LogP contribution is 2.33. The van der Waals surface area contributed by atoms with Gasteiger partial charge < -0.3 is 24.4 Å². The van der Waals surface area contributed by atoms with Gasteiger partial charge in [-0.2, -0.15) is 5.26 Å². The molecule has 2 saturated heterocycles. The van der Waals surface area contributed by atoms with E-state index >= 15 is 0 Å². The summed E-state index contributed by atoms with van der Waals surface area (Å²) in [6.45, 7) is 1.38. The quantitative estimate of drug-likeness (QED) is 0.741. The largest absolute Gasteiger partial charge is 0.490 e. The molecule has 2 aliphatic heterocycles. The fraction of sp³-hybridized carbons (Fsp3) is 0.480. The minimum atomic E-state index is -0.502. The molecule has 4 rings (SSSR count). The third kappa shape index (κ3) is 5.63. The molecule has 2 aliphatic rings. The van der Waals surface area contributed by atoms with Crippen LogP contribution in [0.5, 0.6) is 5.75 Å². The predicted molar refractivity (Wildman–Crippen MR) is 115 cm³/mol. The van der Waals surface area contributed by atoms with Crippen molar-refractivity contribution in [2.45, 2.75) is 56.5 Å². The van der Waals surface area contributed by atoms with Crippen molar-refractivity contribution in [2.75, 3.05) is 19.8 Å². The van der Waals surface area contributed by atoms with Crippen molar-refractivity contribution in [3.05, 3.63) is 64.7 Å². The Morgan fingerprint density at radius 3 is 2.55 bits per heavy atom. The molecular formula is C25H29NO5. The van der Waals surface area contributed by atoms with Crippen LogP contribution in [0.1, 0.15) is 54.0 Å². The average Bonchev–Trinajstić information content (AvgIpc) is 2.80. The highest BCUT2D eigenvalue weighted by molar-refractivity contribution is 5.44. The molecule has 164 valence electrons. The molecular weight excluding hydrogens is 394 g/mol. The van der Waals surface area contributed by atoms with Gasteiger partial charge in [0.15, 0.2) is 0 Å². The highest BCUT2D eigenvalue weighted by Gasteiger charge is 2.29. The Morgan fingerprint density at radius 1 is 1.06 bits per heavy atom. The van der Waals surface area contributed by atoms with E-state index < -0.39 is 6.10 Å². The van der Waals surface area contributed by atoms with Gasteiger partial charge in [0, 0.05) is 25.7 Å². The summed E-state index contributed by atoms with van der Waals surface area (Å²) in [6.07, 6.45) is 2.42. The van der Waals surface area contributed by atoms with Crippen LogP contribution in [0.3, 0.4) is 0 Å². The maximum absolute atomic E-state index is 10.1. The number of nitriles is 1. The maximum atomic E-state index is 10.1. The lowest BCUT2D eigenvalue weighted by atomic mass is 9.92. The van der Waals surface area contributed by atoms with Gasteiger partial charge in [0.1, 0.15) is 11.9 Å². The van der Waals surface area contributed by atoms with Crippen LogP contribution in [-0.2, 0) is 15.9 Å². The van der Waals surface area contributed by atoms with E-state index in [2.05, 4.69) is 6.07 Å². The molecule has 2 N–H and O–H groups in total. The number of hydrogen-bond acceptors (Lipinski definition) is 6. The SMILES string of the molecule is N#Cc1ccc(C2CC(O)CC(CO)O2)cc1Cc1ccc(OC2CCOCC2)cc1. The van der Waals surface area contributed by atoms with Gasteiger partial charge in [-0.15, -0.1) is 0 Å². The number of hydrogen-bond donors (Lipinski definition) is 2. The van der Waals surface area contributed by atoms with E-state index in [1.807, 2.05) is 42.5 Å². The number of aliphatic hydroxyl groups is 2. The molecule has 3 atom stereocenters. The first-order chi connectivity index (χ1) is 15.1. The van der Waals surface area contributed by atoms with Gasteiger partial charge in [-0.1, -0.05) is 24.3 Å². The summed E-state index contributed by atoms with van der Waals surface area (Å²) in [5, 5.41) is 29.1. The lowest BCUT2D eigenvalue weighted by Crippen LogP contribution is -2.33. The van der Waals surface area contributed by atoms with E-state index in [-0.39, 0.29) is 24.9 Å². The zero-order valence-corrected chi connectivity index (χ0v) is 17.6. The van der Waals surface area contributed by atoms with Crippen LogP contribution >= 0.6 is 0 Å². The molecule has 0 spiro atoms. The standard InChI is InChI=1S/C25H29NO5/c26-15-19-4-3-18(25-14-21(28)13-24(16-27)31-25)12-20(19)11-17-1-5-22(6-2-17)30-23-7-9-29-10-8-23/h1-6,12,21,23-25,27-28H,7-11,13-14,16H2. The van der Waals surface area contributed by atoms with E-state index in [1.165, 1.54) is 0 Å². The van der Waals surface area contributed by atoms with Crippen LogP contribution in [0.4, 0.5) is 0 Å². The van der Waals surface area contributed by atoms with Crippen molar-refractivity contribution in [1.82, 2.24) is 0 Å². The monoisotopic (exact) mass is 423 g/mol. The Morgan fingerprint density at radius 2 is 1.84 bits per heavy atom. The van der Waals surface area contributed by atoms with Crippen molar-refractivity contribution in [3.63, 3.8) is 0 Å². The molecule has 0 radical (unpaired) electrons. The second kappa shape index (κ2) is 10.3. The Kier molecular flexibility index (Phi) is 7.21. The van der Waals surface area contributed by atoms with Crippen LogP contribution in [-0.4, -0.2) is 48.3 Å². The first-order valence-electron chi connectivity index (χ1n) is 10.9. The molecule has 2 aromatic rings. The molecule has 0 bridgehead atoms. The summed E-state index contributed by atoms with van der Waals surface area (Å²) < 4.78 is 17.4. The Balaban J connectivity index is 1.47. The molecule has 0 amide bonds. The van der Waals surface area contributed by atoms with Crippen LogP contribution in [0.2, 0.25) is 0 Å². The van der Waals surface area contributed by atoms with E-state index in [4.69, 9.17) is 14.2 Å². The molecule has 0 aliphatic carbocycles. The molecule has 3 unspecified atom stereocenters. The molecule has 6 nitrogen and oxygen atoms in total. The van der Waals surface area contributed by atoms with Crippen LogP contribution in [0, 0.1) is 11.3 Å². The van der Waals surface area contributed by atoms with Crippen LogP contribution in [0.15, 0.2) is 42.5 Å². The number of benzene rings is 2. The topological polar surface area (TPSA) is 91.9 Å². The lowest BCUT2D eigenvalue weighted by molar-refractivity contribution is -0.113. The lowest BCUT2D eigenvalue weighted by Gasteiger charge is -2.32. The van der Waals surface area contributed by atoms with E-state index in [9.17, 15) is 15.5 Å².